The first-order valence-corrected chi connectivity index (χ1v) is 0.970. The summed E-state index contributed by atoms with van der Waals surface area (Å²) in [6, 6.07) is 0. The summed E-state index contributed by atoms with van der Waals surface area (Å²) in [5.74, 6) is 0. The van der Waals surface area contributed by atoms with Crippen LogP contribution in [0.3, 0.4) is 0 Å². The van der Waals surface area contributed by atoms with Crippen molar-refractivity contribution in [2.24, 2.45) is 0 Å². The van der Waals surface area contributed by atoms with Crippen LogP contribution in [0.5, 0.6) is 0 Å². The van der Waals surface area contributed by atoms with Crippen LogP contribution < -0.4 is 4.66 Å². The minimum atomic E-state index is -0.167. The molecule has 0 aromatic heterocycles. The maximum absolute atomic E-state index is 8.35. The predicted molar refractivity (Wildman–Crippen MR) is 9.37 cm³/mol. The van der Waals surface area contributed by atoms with Crippen LogP contribution in [-0.2, 0) is 0 Å². The first-order chi connectivity index (χ1) is 1.41. The molecule has 0 bridgehead atoms. The van der Waals surface area contributed by atoms with Gasteiger partial charge in [0.2, 0.25) is 0 Å². The quantitative estimate of drug-likeness (QED) is 0.424. The molecule has 0 atom stereocenters. The van der Waals surface area contributed by atoms with Crippen molar-refractivity contribution in [3.8, 4) is 0 Å². The SMILES string of the molecule is [O-][Cl+]O.[RbH]. The molecule has 0 aromatic carbocycles. The minimum absolute atomic E-state index is 0. The topological polar surface area (TPSA) is 43.3 Å². The monoisotopic (exact) mass is 154 g/mol. The van der Waals surface area contributed by atoms with E-state index in [2.05, 4.69) is 0 Å². The van der Waals surface area contributed by atoms with E-state index in [1.807, 2.05) is 0 Å². The second kappa shape index (κ2) is 8.89. The van der Waals surface area contributed by atoms with E-state index in [1.165, 1.54) is 0 Å². The fourth-order valence-electron chi connectivity index (χ4n) is 0. The summed E-state index contributed by atoms with van der Waals surface area (Å²) in [5, 5.41) is 0. The van der Waals surface area contributed by atoms with Gasteiger partial charge in [-0.05, 0) is 0 Å². The molecule has 0 aliphatic heterocycles. The first kappa shape index (κ1) is 9.38. The van der Waals surface area contributed by atoms with E-state index in [4.69, 9.17) is 9.32 Å². The van der Waals surface area contributed by atoms with Crippen molar-refractivity contribution in [2.75, 3.05) is 0 Å². The Bertz CT molecular complexity index is 6.00. The summed E-state index contributed by atoms with van der Waals surface area (Å²) in [5.41, 5.74) is 0. The van der Waals surface area contributed by atoms with Gasteiger partial charge in [0.05, 0.1) is 0 Å². The summed E-state index contributed by atoms with van der Waals surface area (Å²) in [7, 11) is 0. The Labute approximate surface area is 77.1 Å². The van der Waals surface area contributed by atoms with Crippen LogP contribution in [-0.4, -0.2) is 62.8 Å². The summed E-state index contributed by atoms with van der Waals surface area (Å²) < 4.78 is 15.2. The van der Waals surface area contributed by atoms with Crippen molar-refractivity contribution >= 4 is 58.2 Å². The molecular formula is H2ClO2Rb. The molecule has 0 radical (unpaired) electrons. The molecule has 1 N–H and O–H groups in total. The molecule has 0 aliphatic rings. The van der Waals surface area contributed by atoms with E-state index in [0.717, 1.165) is 0 Å². The third-order valence-corrected chi connectivity index (χ3v) is 0. The third kappa shape index (κ3) is 8.99. The van der Waals surface area contributed by atoms with Crippen molar-refractivity contribution in [3.05, 3.63) is 0 Å². The Kier molecular flexibility index (Phi) is 20.9. The Morgan fingerprint density at radius 1 is 1.75 bits per heavy atom. The van der Waals surface area contributed by atoms with Gasteiger partial charge in [-0.1, -0.05) is 0 Å². The molecule has 4 heteroatoms. The zero-order valence-corrected chi connectivity index (χ0v) is 1.99. The van der Waals surface area contributed by atoms with Crippen molar-refractivity contribution < 1.29 is 20.6 Å². The molecule has 0 unspecified atom stereocenters. The molecule has 0 aliphatic carbocycles. The van der Waals surface area contributed by atoms with Crippen molar-refractivity contribution in [1.82, 2.24) is 0 Å². The molecule has 4 heavy (non-hydrogen) atoms. The van der Waals surface area contributed by atoms with Gasteiger partial charge in [-0.2, -0.15) is 0 Å². The zero-order chi connectivity index (χ0) is 2.71. The average molecular weight is 155 g/mol. The van der Waals surface area contributed by atoms with Crippen LogP contribution >= 0.6 is 0 Å². The van der Waals surface area contributed by atoms with Crippen LogP contribution in [0.1, 0.15) is 0 Å². The van der Waals surface area contributed by atoms with Gasteiger partial charge in [0.1, 0.15) is 0 Å². The van der Waals surface area contributed by atoms with E-state index in [-0.39, 0.29) is 69.5 Å². The first-order valence-electron chi connectivity index (χ1n) is 0.323. The second-order valence-corrected chi connectivity index (χ2v) is 0.207. The molecule has 0 saturated carbocycles. The molecule has 0 fully saturated rings. The second-order valence-electron chi connectivity index (χ2n) is 0.0690. The maximum atomic E-state index is 8.35. The van der Waals surface area contributed by atoms with Crippen LogP contribution in [0.15, 0.2) is 0 Å². The van der Waals surface area contributed by atoms with E-state index < -0.39 is 0 Å². The Morgan fingerprint density at radius 3 is 1.75 bits per heavy atom. The molecule has 22 valence electrons. The summed E-state index contributed by atoms with van der Waals surface area (Å²) >= 11 is -0.167. The van der Waals surface area contributed by atoms with Crippen LogP contribution in [0.2, 0.25) is 0 Å². The standard InChI is InChI=1S/ClHO2.Rb.H/c2-1-3;;/h2H;;. The van der Waals surface area contributed by atoms with E-state index in [0.29, 0.717) is 0 Å². The van der Waals surface area contributed by atoms with Crippen molar-refractivity contribution in [1.29, 1.82) is 0 Å². The fraction of sp³-hybridized carbons (Fsp3) is 0. The van der Waals surface area contributed by atoms with Gasteiger partial charge >= 0.3 is 69.5 Å². The molecule has 2 nitrogen and oxygen atoms in total. The molecule has 0 amide bonds. The normalized spacial score (nSPS) is 4.50. The summed E-state index contributed by atoms with van der Waals surface area (Å²) in [6.07, 6.45) is 0. The van der Waals surface area contributed by atoms with E-state index >= 15 is 0 Å². The number of hydrogen-bond acceptors (Lipinski definition) is 2. The van der Waals surface area contributed by atoms with Gasteiger partial charge < -0.3 is 4.66 Å². The number of rotatable bonds is 0. The Morgan fingerprint density at radius 2 is 1.75 bits per heavy atom. The average Bonchev–Trinajstić information content (AvgIpc) is 0.918. The van der Waals surface area contributed by atoms with Gasteiger partial charge in [-0.3, -0.25) is 0 Å². The van der Waals surface area contributed by atoms with Crippen molar-refractivity contribution in [2.45, 2.75) is 0 Å². The molecular weight excluding hydrogens is 153 g/mol. The van der Waals surface area contributed by atoms with Gasteiger partial charge in [-0.15, -0.1) is 4.66 Å². The Balaban J connectivity index is 0. The zero-order valence-electron chi connectivity index (χ0n) is 1.23. The van der Waals surface area contributed by atoms with E-state index in [1.54, 1.807) is 0 Å². The van der Waals surface area contributed by atoms with Crippen LogP contribution in [0, 0.1) is 11.3 Å². The summed E-state index contributed by atoms with van der Waals surface area (Å²) in [6.45, 7) is 0. The van der Waals surface area contributed by atoms with Gasteiger partial charge in [-0.25, -0.2) is 0 Å². The number of hydrogen-bond donors (Lipinski definition) is 1. The molecule has 0 spiro atoms. The van der Waals surface area contributed by atoms with Gasteiger partial charge in [0, 0.05) is 0 Å². The molecule has 0 aromatic rings. The fourth-order valence-corrected chi connectivity index (χ4v) is 0. The van der Waals surface area contributed by atoms with Gasteiger partial charge in [0.15, 0.2) is 0 Å². The Hall–Kier alpha value is 2.02. The van der Waals surface area contributed by atoms with E-state index in [9.17, 15) is 0 Å². The van der Waals surface area contributed by atoms with Crippen LogP contribution in [0.4, 0.5) is 0 Å². The van der Waals surface area contributed by atoms with Gasteiger partial charge in [0.25, 0.3) is 0 Å². The number of halogens is 1. The summed E-state index contributed by atoms with van der Waals surface area (Å²) in [4.78, 5) is 0. The van der Waals surface area contributed by atoms with Crippen LogP contribution in [0.25, 0.3) is 0 Å². The molecule has 0 saturated heterocycles. The third-order valence-electron chi connectivity index (χ3n) is 0. The predicted octanol–water partition coefficient (Wildman–Crippen LogP) is -2.39. The van der Waals surface area contributed by atoms with Crippen molar-refractivity contribution in [3.63, 3.8) is 0 Å². The molecule has 0 heterocycles. The molecule has 0 rings (SSSR count).